The summed E-state index contributed by atoms with van der Waals surface area (Å²) in [6.07, 6.45) is 4.54. The first-order chi connectivity index (χ1) is 6.79. The van der Waals surface area contributed by atoms with Crippen molar-refractivity contribution >= 4 is 11.7 Å². The number of nitrogens with zero attached hydrogens (tertiary/aromatic N) is 1. The maximum Gasteiger partial charge on any atom is 0.248 e. The molecule has 3 nitrogen and oxygen atoms in total. The summed E-state index contributed by atoms with van der Waals surface area (Å²) in [7, 11) is 0. The Morgan fingerprint density at radius 3 is 3.14 bits per heavy atom. The third-order valence-corrected chi connectivity index (χ3v) is 2.36. The lowest BCUT2D eigenvalue weighted by molar-refractivity contribution is -0.111. The molecule has 1 heterocycles. The first-order valence-electron chi connectivity index (χ1n) is 4.72. The van der Waals surface area contributed by atoms with Crippen LogP contribution in [0.25, 0.3) is 0 Å². The first-order valence-corrected chi connectivity index (χ1v) is 4.72. The van der Waals surface area contributed by atoms with Gasteiger partial charge >= 0.3 is 0 Å². The molecule has 0 aliphatic heterocycles. The van der Waals surface area contributed by atoms with Crippen molar-refractivity contribution in [3.8, 4) is 0 Å². The van der Waals surface area contributed by atoms with Gasteiger partial charge in [0.25, 0.3) is 0 Å². The molecule has 3 heteroatoms. The summed E-state index contributed by atoms with van der Waals surface area (Å²) in [5.74, 6) is 0.408. The normalized spacial score (nSPS) is 13.4. The van der Waals surface area contributed by atoms with Crippen LogP contribution < -0.4 is 5.32 Å². The highest BCUT2D eigenvalue weighted by Crippen LogP contribution is 2.21. The minimum absolute atomic E-state index is 0.213. The lowest BCUT2D eigenvalue weighted by Crippen LogP contribution is -2.09. The number of anilines is 1. The topological polar surface area (TPSA) is 42.0 Å². The maximum absolute atomic E-state index is 11.0. The molecular weight excluding hydrogens is 176 g/mol. The van der Waals surface area contributed by atoms with Crippen LogP contribution in [0.15, 0.2) is 24.8 Å². The molecule has 0 atom stereocenters. The summed E-state index contributed by atoms with van der Waals surface area (Å²) in [6.45, 7) is 3.39. The number of aryl methyl sites for hydroxylation is 2. The van der Waals surface area contributed by atoms with Gasteiger partial charge in [-0.1, -0.05) is 12.6 Å². The maximum atomic E-state index is 11.0. The van der Waals surface area contributed by atoms with Crippen molar-refractivity contribution in [3.05, 3.63) is 36.0 Å². The van der Waals surface area contributed by atoms with Gasteiger partial charge in [-0.25, -0.2) is 4.98 Å². The van der Waals surface area contributed by atoms with E-state index in [9.17, 15) is 4.79 Å². The highest BCUT2D eigenvalue weighted by molar-refractivity contribution is 5.98. The lowest BCUT2D eigenvalue weighted by atomic mass is 10.2. The molecule has 72 valence electrons. The summed E-state index contributed by atoms with van der Waals surface area (Å²) in [4.78, 5) is 15.4. The van der Waals surface area contributed by atoms with Crippen LogP contribution in [-0.2, 0) is 17.6 Å². The molecule has 0 fully saturated rings. The standard InChI is InChI=1S/C11H12N2O/c1-2-11(14)13-10-7-6-8-4-3-5-9(8)12-10/h2,6-7H,1,3-5H2,(H,12,13,14). The van der Waals surface area contributed by atoms with Crippen LogP contribution in [0.1, 0.15) is 17.7 Å². The van der Waals surface area contributed by atoms with Gasteiger partial charge in [0, 0.05) is 5.69 Å². The van der Waals surface area contributed by atoms with Crippen molar-refractivity contribution in [3.63, 3.8) is 0 Å². The van der Waals surface area contributed by atoms with Crippen LogP contribution in [0.2, 0.25) is 0 Å². The third-order valence-electron chi connectivity index (χ3n) is 2.36. The summed E-state index contributed by atoms with van der Waals surface area (Å²) < 4.78 is 0. The minimum Gasteiger partial charge on any atom is -0.307 e. The predicted octanol–water partition coefficient (Wildman–Crippen LogP) is 1.69. The molecule has 1 N–H and O–H groups in total. The van der Waals surface area contributed by atoms with Crippen molar-refractivity contribution in [2.75, 3.05) is 5.32 Å². The number of carbonyl (C=O) groups excluding carboxylic acids is 1. The molecule has 0 saturated heterocycles. The number of aromatic nitrogens is 1. The number of pyridine rings is 1. The Hall–Kier alpha value is -1.64. The molecule has 1 aliphatic carbocycles. The van der Waals surface area contributed by atoms with Crippen LogP contribution >= 0.6 is 0 Å². The molecule has 1 aromatic rings. The van der Waals surface area contributed by atoms with Crippen LogP contribution in [-0.4, -0.2) is 10.9 Å². The molecule has 0 unspecified atom stereocenters. The third kappa shape index (κ3) is 1.66. The Morgan fingerprint density at radius 2 is 2.36 bits per heavy atom. The smallest absolute Gasteiger partial charge is 0.248 e. The fourth-order valence-electron chi connectivity index (χ4n) is 1.67. The molecule has 1 aliphatic rings. The van der Waals surface area contributed by atoms with E-state index < -0.39 is 0 Å². The van der Waals surface area contributed by atoms with Crippen molar-refractivity contribution < 1.29 is 4.79 Å². The number of nitrogens with one attached hydrogen (secondary N) is 1. The Kier molecular flexibility index (Phi) is 2.31. The van der Waals surface area contributed by atoms with E-state index in [1.54, 1.807) is 0 Å². The number of hydrogen-bond acceptors (Lipinski definition) is 2. The van der Waals surface area contributed by atoms with Gasteiger partial charge in [0.1, 0.15) is 5.82 Å². The number of fused-ring (bicyclic) bond motifs is 1. The summed E-state index contributed by atoms with van der Waals surface area (Å²) in [6, 6.07) is 3.87. The molecule has 1 amide bonds. The Balaban J connectivity index is 2.20. The highest BCUT2D eigenvalue weighted by atomic mass is 16.1. The average molecular weight is 188 g/mol. The fourth-order valence-corrected chi connectivity index (χ4v) is 1.67. The molecule has 0 spiro atoms. The number of rotatable bonds is 2. The van der Waals surface area contributed by atoms with Crippen molar-refractivity contribution in [2.24, 2.45) is 0 Å². The molecule has 2 rings (SSSR count). The van der Waals surface area contributed by atoms with Gasteiger partial charge in [0.05, 0.1) is 0 Å². The van der Waals surface area contributed by atoms with Crippen LogP contribution in [0.5, 0.6) is 0 Å². The predicted molar refractivity (Wildman–Crippen MR) is 55.1 cm³/mol. The second kappa shape index (κ2) is 3.62. The summed E-state index contributed by atoms with van der Waals surface area (Å²) in [5.41, 5.74) is 2.42. The van der Waals surface area contributed by atoms with E-state index in [2.05, 4.69) is 16.9 Å². The largest absolute Gasteiger partial charge is 0.307 e. The zero-order valence-electron chi connectivity index (χ0n) is 7.92. The Bertz CT molecular complexity index is 385. The van der Waals surface area contributed by atoms with Crippen molar-refractivity contribution in [1.82, 2.24) is 4.98 Å². The number of hydrogen-bond donors (Lipinski definition) is 1. The van der Waals surface area contributed by atoms with Crippen LogP contribution in [0.4, 0.5) is 5.82 Å². The van der Waals surface area contributed by atoms with Gasteiger partial charge < -0.3 is 5.32 Å². The van der Waals surface area contributed by atoms with Gasteiger partial charge in [-0.2, -0.15) is 0 Å². The molecule has 0 aromatic carbocycles. The first kappa shape index (κ1) is 8.94. The highest BCUT2D eigenvalue weighted by Gasteiger charge is 2.12. The van der Waals surface area contributed by atoms with E-state index in [4.69, 9.17) is 0 Å². The molecular formula is C11H12N2O. The van der Waals surface area contributed by atoms with Gasteiger partial charge in [0.2, 0.25) is 5.91 Å². The second-order valence-electron chi connectivity index (χ2n) is 3.35. The van der Waals surface area contributed by atoms with E-state index in [0.717, 1.165) is 18.5 Å². The summed E-state index contributed by atoms with van der Waals surface area (Å²) >= 11 is 0. The monoisotopic (exact) mass is 188 g/mol. The quantitative estimate of drug-likeness (QED) is 0.718. The van der Waals surface area contributed by atoms with E-state index in [-0.39, 0.29) is 5.91 Å². The van der Waals surface area contributed by atoms with E-state index in [0.29, 0.717) is 5.82 Å². The van der Waals surface area contributed by atoms with Crippen molar-refractivity contribution in [2.45, 2.75) is 19.3 Å². The minimum atomic E-state index is -0.213. The van der Waals surface area contributed by atoms with Crippen LogP contribution in [0, 0.1) is 0 Å². The summed E-state index contributed by atoms with van der Waals surface area (Å²) in [5, 5.41) is 2.65. The molecule has 1 aromatic heterocycles. The second-order valence-corrected chi connectivity index (χ2v) is 3.35. The lowest BCUT2D eigenvalue weighted by Gasteiger charge is -2.03. The molecule has 0 saturated carbocycles. The molecule has 0 radical (unpaired) electrons. The fraction of sp³-hybridized carbons (Fsp3) is 0.273. The zero-order chi connectivity index (χ0) is 9.97. The Morgan fingerprint density at radius 1 is 1.50 bits per heavy atom. The van der Waals surface area contributed by atoms with Crippen LogP contribution in [0.3, 0.4) is 0 Å². The van der Waals surface area contributed by atoms with Gasteiger partial charge in [-0.15, -0.1) is 0 Å². The number of amides is 1. The van der Waals surface area contributed by atoms with Gasteiger partial charge in [-0.05, 0) is 37.0 Å². The average Bonchev–Trinajstić information content (AvgIpc) is 2.64. The SMILES string of the molecule is C=CC(=O)Nc1ccc2c(n1)CCC2. The Labute approximate surface area is 82.9 Å². The van der Waals surface area contributed by atoms with Gasteiger partial charge in [0.15, 0.2) is 0 Å². The van der Waals surface area contributed by atoms with Gasteiger partial charge in [-0.3, -0.25) is 4.79 Å². The molecule has 0 bridgehead atoms. The van der Waals surface area contributed by atoms with E-state index in [1.807, 2.05) is 12.1 Å². The molecule has 14 heavy (non-hydrogen) atoms. The zero-order valence-corrected chi connectivity index (χ0v) is 7.92. The van der Waals surface area contributed by atoms with E-state index >= 15 is 0 Å². The van der Waals surface area contributed by atoms with E-state index in [1.165, 1.54) is 18.1 Å². The number of carbonyl (C=O) groups is 1. The van der Waals surface area contributed by atoms with Crippen molar-refractivity contribution in [1.29, 1.82) is 0 Å².